The molecule has 2 aromatic heterocycles. The summed E-state index contributed by atoms with van der Waals surface area (Å²) in [7, 11) is 2.96. The Hall–Kier alpha value is -3.96. The SMILES string of the molecule is COc1ncc(N(C)C(=O)c2cccc(-n3nc(C(F)(F)F)c4c3CCN(C(=O)C(C)(C)C)C4)c2)cn1. The molecule has 3 aromatic rings. The number of aromatic nitrogens is 4. The fourth-order valence-electron chi connectivity index (χ4n) is 4.18. The molecule has 196 valence electrons. The van der Waals surface area contributed by atoms with Crippen LogP contribution >= 0.6 is 0 Å². The Kier molecular flexibility index (Phi) is 6.70. The summed E-state index contributed by atoms with van der Waals surface area (Å²) >= 11 is 0. The number of carbonyl (C=O) groups is 2. The molecule has 37 heavy (non-hydrogen) atoms. The molecular formula is C25H27F3N6O3. The lowest BCUT2D eigenvalue weighted by molar-refractivity contribution is -0.145. The van der Waals surface area contributed by atoms with E-state index in [1.165, 1.54) is 40.1 Å². The quantitative estimate of drug-likeness (QED) is 0.522. The second kappa shape index (κ2) is 9.49. The molecule has 0 aliphatic carbocycles. The number of benzene rings is 1. The van der Waals surface area contributed by atoms with E-state index < -0.39 is 23.2 Å². The van der Waals surface area contributed by atoms with E-state index in [1.807, 2.05) is 0 Å². The summed E-state index contributed by atoms with van der Waals surface area (Å²) in [6.45, 7) is 5.29. The molecule has 0 radical (unpaired) electrons. The molecule has 0 N–H and O–H groups in total. The molecule has 0 unspecified atom stereocenters. The summed E-state index contributed by atoms with van der Waals surface area (Å²) in [5.41, 5.74) is -0.440. The first-order valence-corrected chi connectivity index (χ1v) is 11.5. The standard InChI is InChI=1S/C25H27F3N6O3/c1-24(2,3)22(36)33-10-9-19-18(14-33)20(25(26,27)28)31-34(19)16-8-6-7-15(11-16)21(35)32(4)17-12-29-23(37-5)30-13-17/h6-8,11-13H,9-10,14H2,1-5H3. The molecule has 3 heterocycles. The van der Waals surface area contributed by atoms with Crippen molar-refractivity contribution in [3.05, 3.63) is 59.2 Å². The highest BCUT2D eigenvalue weighted by Crippen LogP contribution is 2.37. The van der Waals surface area contributed by atoms with Crippen LogP contribution < -0.4 is 9.64 Å². The highest BCUT2D eigenvalue weighted by atomic mass is 19.4. The number of ether oxygens (including phenoxy) is 1. The summed E-state index contributed by atoms with van der Waals surface area (Å²) in [5, 5.41) is 3.91. The van der Waals surface area contributed by atoms with Crippen molar-refractivity contribution in [2.75, 3.05) is 25.6 Å². The van der Waals surface area contributed by atoms with Gasteiger partial charge in [0.25, 0.3) is 5.91 Å². The van der Waals surface area contributed by atoms with Gasteiger partial charge in [0.2, 0.25) is 5.91 Å². The maximum atomic E-state index is 14.0. The first-order chi connectivity index (χ1) is 17.3. The van der Waals surface area contributed by atoms with Crippen LogP contribution in [0.3, 0.4) is 0 Å². The van der Waals surface area contributed by atoms with E-state index in [0.717, 1.165) is 0 Å². The molecule has 0 atom stereocenters. The van der Waals surface area contributed by atoms with Crippen LogP contribution in [0.5, 0.6) is 6.01 Å². The first-order valence-electron chi connectivity index (χ1n) is 11.5. The number of nitrogens with zero attached hydrogens (tertiary/aromatic N) is 6. The maximum Gasteiger partial charge on any atom is 0.435 e. The lowest BCUT2D eigenvalue weighted by atomic mass is 9.93. The monoisotopic (exact) mass is 516 g/mol. The zero-order valence-electron chi connectivity index (χ0n) is 21.1. The van der Waals surface area contributed by atoms with E-state index in [-0.39, 0.29) is 42.6 Å². The highest BCUT2D eigenvalue weighted by Gasteiger charge is 2.42. The van der Waals surface area contributed by atoms with Gasteiger partial charge in [-0.05, 0) is 18.2 Å². The molecule has 2 amide bonds. The predicted octanol–water partition coefficient (Wildman–Crippen LogP) is 3.90. The fraction of sp³-hybridized carbons (Fsp3) is 0.400. The van der Waals surface area contributed by atoms with Gasteiger partial charge in [-0.1, -0.05) is 26.8 Å². The largest absolute Gasteiger partial charge is 0.467 e. The normalized spacial score (nSPS) is 13.8. The van der Waals surface area contributed by atoms with Crippen LogP contribution in [0, 0.1) is 5.41 Å². The molecule has 1 aliphatic rings. The van der Waals surface area contributed by atoms with E-state index in [9.17, 15) is 22.8 Å². The van der Waals surface area contributed by atoms with E-state index in [2.05, 4.69) is 15.1 Å². The van der Waals surface area contributed by atoms with Crippen molar-refractivity contribution >= 4 is 17.5 Å². The van der Waals surface area contributed by atoms with E-state index in [4.69, 9.17) is 4.74 Å². The first kappa shape index (κ1) is 26.1. The summed E-state index contributed by atoms with van der Waals surface area (Å²) in [4.78, 5) is 36.6. The zero-order valence-corrected chi connectivity index (χ0v) is 21.1. The van der Waals surface area contributed by atoms with Crippen LogP contribution in [0.2, 0.25) is 0 Å². The number of methoxy groups -OCH3 is 1. The number of fused-ring (bicyclic) bond motifs is 1. The number of rotatable bonds is 4. The third kappa shape index (κ3) is 5.13. The van der Waals surface area contributed by atoms with Crippen molar-refractivity contribution in [3.63, 3.8) is 0 Å². The minimum atomic E-state index is -4.70. The van der Waals surface area contributed by atoms with Gasteiger partial charge in [-0.15, -0.1) is 0 Å². The second-order valence-corrected chi connectivity index (χ2v) is 9.75. The number of halogens is 3. The smallest absolute Gasteiger partial charge is 0.435 e. The molecule has 0 fully saturated rings. The van der Waals surface area contributed by atoms with Gasteiger partial charge in [-0.2, -0.15) is 18.3 Å². The summed E-state index contributed by atoms with van der Waals surface area (Å²) < 4.78 is 48.0. The third-order valence-corrected chi connectivity index (χ3v) is 6.08. The van der Waals surface area contributed by atoms with E-state index >= 15 is 0 Å². The van der Waals surface area contributed by atoms with Crippen LogP contribution in [0.4, 0.5) is 18.9 Å². The van der Waals surface area contributed by atoms with Crippen molar-refractivity contribution in [1.82, 2.24) is 24.6 Å². The lowest BCUT2D eigenvalue weighted by Crippen LogP contribution is -2.42. The number of hydrogen-bond acceptors (Lipinski definition) is 6. The van der Waals surface area contributed by atoms with Gasteiger partial charge < -0.3 is 14.5 Å². The number of carbonyl (C=O) groups excluding carboxylic acids is 2. The molecule has 0 spiro atoms. The molecule has 0 saturated heterocycles. The topological polar surface area (TPSA) is 93.5 Å². The van der Waals surface area contributed by atoms with Crippen LogP contribution in [-0.4, -0.2) is 57.2 Å². The molecular weight excluding hydrogens is 489 g/mol. The van der Waals surface area contributed by atoms with Crippen LogP contribution in [0.25, 0.3) is 5.69 Å². The Morgan fingerprint density at radius 3 is 2.38 bits per heavy atom. The molecule has 4 rings (SSSR count). The van der Waals surface area contributed by atoms with Crippen LogP contribution in [0.15, 0.2) is 36.7 Å². The Labute approximate surface area is 211 Å². The molecule has 9 nitrogen and oxygen atoms in total. The average molecular weight is 517 g/mol. The van der Waals surface area contributed by atoms with Crippen molar-refractivity contribution < 1.29 is 27.5 Å². The number of alkyl halides is 3. The van der Waals surface area contributed by atoms with Gasteiger partial charge in [-0.25, -0.2) is 14.6 Å². The third-order valence-electron chi connectivity index (χ3n) is 6.08. The van der Waals surface area contributed by atoms with Crippen molar-refractivity contribution in [2.45, 2.75) is 39.9 Å². The Balaban J connectivity index is 1.69. The lowest BCUT2D eigenvalue weighted by Gasteiger charge is -2.33. The summed E-state index contributed by atoms with van der Waals surface area (Å²) in [5.74, 6) is -0.633. The Bertz CT molecular complexity index is 1330. The van der Waals surface area contributed by atoms with E-state index in [1.54, 1.807) is 46.0 Å². The summed E-state index contributed by atoms with van der Waals surface area (Å²) in [6.07, 6.45) is -1.65. The molecule has 12 heteroatoms. The Morgan fingerprint density at radius 1 is 1.11 bits per heavy atom. The zero-order chi connectivity index (χ0) is 27.1. The van der Waals surface area contributed by atoms with Gasteiger partial charge in [-0.3, -0.25) is 9.59 Å². The van der Waals surface area contributed by atoms with Crippen molar-refractivity contribution in [3.8, 4) is 11.7 Å². The fourth-order valence-corrected chi connectivity index (χ4v) is 4.18. The van der Waals surface area contributed by atoms with Crippen LogP contribution in [0.1, 0.15) is 48.1 Å². The summed E-state index contributed by atoms with van der Waals surface area (Å²) in [6, 6.07) is 6.38. The average Bonchev–Trinajstić information content (AvgIpc) is 3.26. The van der Waals surface area contributed by atoms with Crippen LogP contribution in [-0.2, 0) is 23.9 Å². The number of hydrogen-bond donors (Lipinski definition) is 0. The van der Waals surface area contributed by atoms with Gasteiger partial charge in [0.15, 0.2) is 5.69 Å². The minimum Gasteiger partial charge on any atom is -0.467 e. The predicted molar refractivity (Wildman–Crippen MR) is 128 cm³/mol. The second-order valence-electron chi connectivity index (χ2n) is 9.75. The van der Waals surface area contributed by atoms with Crippen molar-refractivity contribution in [2.24, 2.45) is 5.41 Å². The Morgan fingerprint density at radius 2 is 1.78 bits per heavy atom. The van der Waals surface area contributed by atoms with Gasteiger partial charge >= 0.3 is 12.2 Å². The van der Waals surface area contributed by atoms with Gasteiger partial charge in [0.1, 0.15) is 0 Å². The van der Waals surface area contributed by atoms with Gasteiger partial charge in [0, 0.05) is 43.1 Å². The molecule has 0 bridgehead atoms. The van der Waals surface area contributed by atoms with Crippen molar-refractivity contribution in [1.29, 1.82) is 0 Å². The van der Waals surface area contributed by atoms with E-state index in [0.29, 0.717) is 17.1 Å². The molecule has 0 saturated carbocycles. The molecule has 1 aromatic carbocycles. The van der Waals surface area contributed by atoms with Gasteiger partial charge in [0.05, 0.1) is 36.6 Å². The molecule has 1 aliphatic heterocycles. The minimum absolute atomic E-state index is 0.0272. The highest BCUT2D eigenvalue weighted by molar-refractivity contribution is 6.05. The number of amides is 2. The number of anilines is 1. The maximum absolute atomic E-state index is 14.0.